The van der Waals surface area contributed by atoms with Gasteiger partial charge < -0.3 is 5.32 Å². The zero-order valence-electron chi connectivity index (χ0n) is 15.5. The minimum Gasteiger partial charge on any atom is -0.352 e. The first-order chi connectivity index (χ1) is 12.6. The van der Waals surface area contributed by atoms with Crippen LogP contribution >= 0.6 is 0 Å². The molecule has 0 spiro atoms. The molecule has 1 fully saturated rings. The molecule has 1 N–H and O–H groups in total. The van der Waals surface area contributed by atoms with E-state index < -0.39 is 0 Å². The van der Waals surface area contributed by atoms with Crippen molar-refractivity contribution in [2.75, 3.05) is 19.6 Å². The fourth-order valence-corrected chi connectivity index (χ4v) is 3.32. The third kappa shape index (κ3) is 3.88. The van der Waals surface area contributed by atoms with Gasteiger partial charge in [-0.25, -0.2) is 4.68 Å². The van der Waals surface area contributed by atoms with Crippen LogP contribution < -0.4 is 5.32 Å². The molecule has 1 aliphatic heterocycles. The molecule has 0 unspecified atom stereocenters. The Labute approximate surface area is 154 Å². The third-order valence-corrected chi connectivity index (χ3v) is 5.31. The van der Waals surface area contributed by atoms with Gasteiger partial charge in [0.25, 0.3) is 0 Å². The van der Waals surface area contributed by atoms with E-state index in [1.54, 1.807) is 0 Å². The second-order valence-corrected chi connectivity index (χ2v) is 7.50. The van der Waals surface area contributed by atoms with E-state index in [1.165, 1.54) is 22.3 Å². The summed E-state index contributed by atoms with van der Waals surface area (Å²) >= 11 is 0. The molecule has 26 heavy (non-hydrogen) atoms. The summed E-state index contributed by atoms with van der Waals surface area (Å²) < 4.78 is 1.94. The molecular formula is C21H26N4O. The molecule has 1 saturated carbocycles. The molecule has 0 bridgehead atoms. The molecule has 5 nitrogen and oxygen atoms in total. The van der Waals surface area contributed by atoms with Gasteiger partial charge in [0, 0.05) is 30.9 Å². The lowest BCUT2D eigenvalue weighted by molar-refractivity contribution is -0.122. The van der Waals surface area contributed by atoms with E-state index in [0.717, 1.165) is 38.0 Å². The first-order valence-electron chi connectivity index (χ1n) is 9.42. The van der Waals surface area contributed by atoms with E-state index in [0.29, 0.717) is 12.6 Å². The highest BCUT2D eigenvalue weighted by Crippen LogP contribution is 2.23. The Bertz CT molecular complexity index is 847. The summed E-state index contributed by atoms with van der Waals surface area (Å²) in [6.07, 6.45) is 9.51. The summed E-state index contributed by atoms with van der Waals surface area (Å²) in [4.78, 5) is 14.1. The van der Waals surface area contributed by atoms with Gasteiger partial charge in [0.05, 0.1) is 18.4 Å². The van der Waals surface area contributed by atoms with Crippen molar-refractivity contribution >= 4 is 11.5 Å². The first kappa shape index (κ1) is 17.0. The number of carbonyl (C=O) groups excluding carboxylic acids is 1. The molecule has 2 heterocycles. The SMILES string of the molecule is Cc1ccc(-n2cc(C3=CCN(CC(=O)NC4CC4)CC3)cn2)cc1C. The number of nitrogens with one attached hydrogen (secondary N) is 1. The largest absolute Gasteiger partial charge is 0.352 e. The van der Waals surface area contributed by atoms with Gasteiger partial charge >= 0.3 is 0 Å². The lowest BCUT2D eigenvalue weighted by atomic mass is 10.0. The molecule has 5 heteroatoms. The van der Waals surface area contributed by atoms with Gasteiger partial charge in [-0.3, -0.25) is 9.69 Å². The number of nitrogens with zero attached hydrogens (tertiary/aromatic N) is 3. The zero-order chi connectivity index (χ0) is 18.1. The molecule has 1 aliphatic carbocycles. The van der Waals surface area contributed by atoms with Crippen molar-refractivity contribution in [1.29, 1.82) is 0 Å². The van der Waals surface area contributed by atoms with Crippen molar-refractivity contribution in [3.63, 3.8) is 0 Å². The van der Waals surface area contributed by atoms with E-state index in [9.17, 15) is 4.79 Å². The Hall–Kier alpha value is -2.40. The molecule has 136 valence electrons. The van der Waals surface area contributed by atoms with Crippen molar-refractivity contribution in [3.05, 3.63) is 53.4 Å². The average Bonchev–Trinajstić information content (AvgIpc) is 3.30. The van der Waals surface area contributed by atoms with Gasteiger partial charge in [-0.1, -0.05) is 12.1 Å². The molecule has 0 atom stereocenters. The van der Waals surface area contributed by atoms with Gasteiger partial charge in [0.15, 0.2) is 0 Å². The van der Waals surface area contributed by atoms with Crippen molar-refractivity contribution in [3.8, 4) is 5.69 Å². The van der Waals surface area contributed by atoms with Gasteiger partial charge in [-0.2, -0.15) is 5.10 Å². The van der Waals surface area contributed by atoms with E-state index >= 15 is 0 Å². The second-order valence-electron chi connectivity index (χ2n) is 7.50. The highest BCUT2D eigenvalue weighted by Gasteiger charge is 2.24. The predicted molar refractivity (Wildman–Crippen MR) is 103 cm³/mol. The molecule has 1 aromatic carbocycles. The number of aromatic nitrogens is 2. The minimum atomic E-state index is 0.159. The summed E-state index contributed by atoms with van der Waals surface area (Å²) in [5, 5.41) is 7.60. The van der Waals surface area contributed by atoms with Crippen LogP contribution in [0.2, 0.25) is 0 Å². The van der Waals surface area contributed by atoms with Gasteiger partial charge in [-0.15, -0.1) is 0 Å². The third-order valence-electron chi connectivity index (χ3n) is 5.31. The minimum absolute atomic E-state index is 0.159. The van der Waals surface area contributed by atoms with E-state index in [4.69, 9.17) is 0 Å². The number of amides is 1. The Morgan fingerprint density at radius 1 is 1.27 bits per heavy atom. The number of aryl methyl sites for hydroxylation is 2. The molecular weight excluding hydrogens is 324 g/mol. The Morgan fingerprint density at radius 3 is 2.81 bits per heavy atom. The molecule has 1 aromatic heterocycles. The van der Waals surface area contributed by atoms with E-state index in [2.05, 4.69) is 59.6 Å². The van der Waals surface area contributed by atoms with Crippen molar-refractivity contribution in [1.82, 2.24) is 20.0 Å². The fourth-order valence-electron chi connectivity index (χ4n) is 3.32. The van der Waals surface area contributed by atoms with Crippen molar-refractivity contribution < 1.29 is 4.79 Å². The Kier molecular flexibility index (Phi) is 4.64. The Morgan fingerprint density at radius 2 is 2.12 bits per heavy atom. The lowest BCUT2D eigenvalue weighted by Gasteiger charge is -2.25. The maximum Gasteiger partial charge on any atom is 0.234 e. The Balaban J connectivity index is 1.40. The molecule has 0 saturated heterocycles. The topological polar surface area (TPSA) is 50.2 Å². The summed E-state index contributed by atoms with van der Waals surface area (Å²) in [6.45, 7) is 6.49. The smallest absolute Gasteiger partial charge is 0.234 e. The monoisotopic (exact) mass is 350 g/mol. The summed E-state index contributed by atoms with van der Waals surface area (Å²) in [7, 11) is 0. The number of benzene rings is 1. The van der Waals surface area contributed by atoms with Crippen LogP contribution in [-0.2, 0) is 4.79 Å². The predicted octanol–water partition coefficient (Wildman–Crippen LogP) is 2.86. The van der Waals surface area contributed by atoms with Crippen LogP contribution in [0.4, 0.5) is 0 Å². The van der Waals surface area contributed by atoms with E-state index in [-0.39, 0.29) is 5.91 Å². The lowest BCUT2D eigenvalue weighted by Crippen LogP contribution is -2.39. The van der Waals surface area contributed by atoms with Crippen LogP contribution in [0.15, 0.2) is 36.7 Å². The van der Waals surface area contributed by atoms with Gasteiger partial charge in [0.2, 0.25) is 5.91 Å². The van der Waals surface area contributed by atoms with Gasteiger partial charge in [0.1, 0.15) is 0 Å². The summed E-state index contributed by atoms with van der Waals surface area (Å²) in [5.41, 5.74) is 6.15. The molecule has 0 radical (unpaired) electrons. The molecule has 4 rings (SSSR count). The molecule has 1 amide bonds. The quantitative estimate of drug-likeness (QED) is 0.902. The maximum atomic E-state index is 11.9. The van der Waals surface area contributed by atoms with Crippen molar-refractivity contribution in [2.45, 2.75) is 39.2 Å². The molecule has 2 aliphatic rings. The highest BCUT2D eigenvalue weighted by atomic mass is 16.2. The average molecular weight is 350 g/mol. The van der Waals surface area contributed by atoms with Crippen LogP contribution in [0.5, 0.6) is 0 Å². The zero-order valence-corrected chi connectivity index (χ0v) is 15.5. The van der Waals surface area contributed by atoms with Crippen LogP contribution in [0.3, 0.4) is 0 Å². The number of carbonyl (C=O) groups is 1. The second kappa shape index (κ2) is 7.08. The van der Waals surface area contributed by atoms with Gasteiger partial charge in [-0.05, 0) is 61.9 Å². The number of hydrogen-bond acceptors (Lipinski definition) is 3. The van der Waals surface area contributed by atoms with Crippen molar-refractivity contribution in [2.24, 2.45) is 0 Å². The van der Waals surface area contributed by atoms with E-state index in [1.807, 2.05) is 10.9 Å². The van der Waals surface area contributed by atoms with Crippen LogP contribution in [0.25, 0.3) is 11.3 Å². The molecule has 2 aromatic rings. The standard InChI is InChI=1S/C21H26N4O/c1-15-3-6-20(11-16(15)2)25-13-18(12-22-25)17-7-9-24(10-8-17)14-21(26)23-19-4-5-19/h3,6-7,11-13,19H,4-5,8-10,14H2,1-2H3,(H,23,26). The number of rotatable bonds is 5. The highest BCUT2D eigenvalue weighted by molar-refractivity contribution is 5.79. The van der Waals surface area contributed by atoms with Crippen LogP contribution in [0, 0.1) is 13.8 Å². The maximum absolute atomic E-state index is 11.9. The fraction of sp³-hybridized carbons (Fsp3) is 0.429. The van der Waals surface area contributed by atoms with Crippen LogP contribution in [0.1, 0.15) is 36.0 Å². The summed E-state index contributed by atoms with van der Waals surface area (Å²) in [5.74, 6) is 0.159. The normalized spacial score (nSPS) is 17.8. The number of hydrogen-bond donors (Lipinski definition) is 1. The first-order valence-corrected chi connectivity index (χ1v) is 9.42. The van der Waals surface area contributed by atoms with Crippen LogP contribution in [-0.4, -0.2) is 46.3 Å². The summed E-state index contributed by atoms with van der Waals surface area (Å²) in [6, 6.07) is 6.85.